The van der Waals surface area contributed by atoms with Gasteiger partial charge in [-0.3, -0.25) is 0 Å². The standard InChI is InChI=1S/C31H40N2O4/c1-2-3-4-5-6-7-23-10-17-28(18-11-23)37-31(35)26-13-8-24(9-14-26)12-19-30(34)36-21-20-25-15-16-27(32)22-29(25)33/h2,8-9,12-16,19,22-23,28H,1,3-7,10-11,17-18,20-21,32-33H2/b19-12+. The van der Waals surface area contributed by atoms with Gasteiger partial charge in [0.15, 0.2) is 0 Å². The summed E-state index contributed by atoms with van der Waals surface area (Å²) < 4.78 is 11.0. The second-order valence-corrected chi connectivity index (χ2v) is 9.81. The van der Waals surface area contributed by atoms with E-state index in [9.17, 15) is 9.59 Å². The minimum Gasteiger partial charge on any atom is -0.462 e. The van der Waals surface area contributed by atoms with Gasteiger partial charge in [-0.2, -0.15) is 0 Å². The number of hydrogen-bond donors (Lipinski definition) is 2. The molecule has 37 heavy (non-hydrogen) atoms. The van der Waals surface area contributed by atoms with E-state index in [-0.39, 0.29) is 18.7 Å². The van der Waals surface area contributed by atoms with Gasteiger partial charge in [0.1, 0.15) is 6.10 Å². The van der Waals surface area contributed by atoms with E-state index < -0.39 is 5.97 Å². The Morgan fingerprint density at radius 3 is 2.43 bits per heavy atom. The number of nitrogens with two attached hydrogens (primary N) is 2. The molecule has 0 heterocycles. The third-order valence-electron chi connectivity index (χ3n) is 6.93. The molecule has 6 nitrogen and oxygen atoms in total. The fourth-order valence-corrected chi connectivity index (χ4v) is 4.70. The van der Waals surface area contributed by atoms with Crippen molar-refractivity contribution in [3.8, 4) is 0 Å². The van der Waals surface area contributed by atoms with Gasteiger partial charge in [-0.25, -0.2) is 9.59 Å². The van der Waals surface area contributed by atoms with Gasteiger partial charge >= 0.3 is 11.9 Å². The molecule has 1 aliphatic rings. The van der Waals surface area contributed by atoms with Crippen LogP contribution in [0.15, 0.2) is 61.2 Å². The van der Waals surface area contributed by atoms with Gasteiger partial charge in [-0.05, 0) is 85.9 Å². The van der Waals surface area contributed by atoms with Crippen LogP contribution in [0.3, 0.4) is 0 Å². The lowest BCUT2D eigenvalue weighted by molar-refractivity contribution is -0.137. The number of hydrogen-bond acceptors (Lipinski definition) is 6. The van der Waals surface area contributed by atoms with Crippen LogP contribution in [0.4, 0.5) is 11.4 Å². The van der Waals surface area contributed by atoms with Crippen LogP contribution in [0.25, 0.3) is 6.08 Å². The Morgan fingerprint density at radius 1 is 0.973 bits per heavy atom. The molecule has 6 heteroatoms. The van der Waals surface area contributed by atoms with Crippen LogP contribution in [-0.2, 0) is 20.7 Å². The lowest BCUT2D eigenvalue weighted by atomic mass is 9.84. The molecular formula is C31H40N2O4. The van der Waals surface area contributed by atoms with Crippen molar-refractivity contribution in [2.45, 2.75) is 70.3 Å². The van der Waals surface area contributed by atoms with E-state index in [0.717, 1.165) is 49.1 Å². The number of ether oxygens (including phenoxy) is 2. The number of allylic oxidation sites excluding steroid dienone is 1. The molecule has 0 atom stereocenters. The summed E-state index contributed by atoms with van der Waals surface area (Å²) in [7, 11) is 0. The highest BCUT2D eigenvalue weighted by Crippen LogP contribution is 2.30. The Bertz CT molecular complexity index is 1050. The summed E-state index contributed by atoms with van der Waals surface area (Å²) in [6.45, 7) is 4.00. The average molecular weight is 505 g/mol. The van der Waals surface area contributed by atoms with Crippen LogP contribution >= 0.6 is 0 Å². The maximum Gasteiger partial charge on any atom is 0.338 e. The summed E-state index contributed by atoms with van der Waals surface area (Å²) in [5, 5.41) is 0. The SMILES string of the molecule is C=CCCCCCC1CCC(OC(=O)c2ccc(/C=C/C(=O)OCCc3ccc(N)cc3N)cc2)CC1. The molecule has 2 aromatic rings. The van der Waals surface area contributed by atoms with Crippen LogP contribution in [0, 0.1) is 5.92 Å². The van der Waals surface area contributed by atoms with Gasteiger partial charge in [0, 0.05) is 23.9 Å². The highest BCUT2D eigenvalue weighted by Gasteiger charge is 2.24. The maximum atomic E-state index is 12.6. The van der Waals surface area contributed by atoms with Crippen LogP contribution in [0.5, 0.6) is 0 Å². The molecule has 4 N–H and O–H groups in total. The molecule has 0 bridgehead atoms. The Hall–Kier alpha value is -3.54. The van der Waals surface area contributed by atoms with E-state index in [0.29, 0.717) is 23.4 Å². The lowest BCUT2D eigenvalue weighted by Gasteiger charge is -2.28. The number of benzene rings is 2. The van der Waals surface area contributed by atoms with E-state index in [1.54, 1.807) is 42.5 Å². The molecule has 2 aromatic carbocycles. The summed E-state index contributed by atoms with van der Waals surface area (Å²) in [6, 6.07) is 12.3. The van der Waals surface area contributed by atoms with Crippen LogP contribution in [0.1, 0.15) is 79.3 Å². The molecule has 0 saturated heterocycles. The lowest BCUT2D eigenvalue weighted by Crippen LogP contribution is -2.24. The van der Waals surface area contributed by atoms with Crippen molar-refractivity contribution in [2.75, 3.05) is 18.1 Å². The molecule has 3 rings (SSSR count). The first-order valence-electron chi connectivity index (χ1n) is 13.3. The van der Waals surface area contributed by atoms with Crippen LogP contribution in [0.2, 0.25) is 0 Å². The number of unbranched alkanes of at least 4 members (excludes halogenated alkanes) is 3. The van der Waals surface area contributed by atoms with Gasteiger partial charge in [-0.15, -0.1) is 6.58 Å². The second-order valence-electron chi connectivity index (χ2n) is 9.81. The van der Waals surface area contributed by atoms with E-state index in [2.05, 4.69) is 6.58 Å². The highest BCUT2D eigenvalue weighted by atomic mass is 16.5. The number of anilines is 2. The Balaban J connectivity index is 1.35. The van der Waals surface area contributed by atoms with Crippen molar-refractivity contribution in [1.82, 2.24) is 0 Å². The first-order chi connectivity index (χ1) is 17.9. The summed E-state index contributed by atoms with van der Waals surface area (Å²) in [6.07, 6.45) is 15.8. The minimum atomic E-state index is -0.440. The van der Waals surface area contributed by atoms with Crippen molar-refractivity contribution in [2.24, 2.45) is 5.92 Å². The monoisotopic (exact) mass is 504 g/mol. The zero-order valence-electron chi connectivity index (χ0n) is 21.7. The van der Waals surface area contributed by atoms with Crippen molar-refractivity contribution in [1.29, 1.82) is 0 Å². The molecule has 0 aromatic heterocycles. The van der Waals surface area contributed by atoms with E-state index in [4.69, 9.17) is 20.9 Å². The Kier molecular flexibility index (Phi) is 11.3. The van der Waals surface area contributed by atoms with E-state index >= 15 is 0 Å². The molecule has 0 unspecified atom stereocenters. The second kappa shape index (κ2) is 14.9. The number of rotatable bonds is 13. The molecule has 1 fully saturated rings. The third kappa shape index (κ3) is 9.79. The number of carbonyl (C=O) groups is 2. The predicted octanol–water partition coefficient (Wildman–Crippen LogP) is 6.50. The van der Waals surface area contributed by atoms with Crippen LogP contribution in [-0.4, -0.2) is 24.6 Å². The Morgan fingerprint density at radius 2 is 1.73 bits per heavy atom. The first-order valence-corrected chi connectivity index (χ1v) is 13.3. The van der Waals surface area contributed by atoms with Crippen molar-refractivity contribution in [3.05, 3.63) is 77.9 Å². The molecule has 0 radical (unpaired) electrons. The minimum absolute atomic E-state index is 0.00227. The molecule has 0 aliphatic heterocycles. The first kappa shape index (κ1) is 28.0. The van der Waals surface area contributed by atoms with Gasteiger partial charge in [0.25, 0.3) is 0 Å². The summed E-state index contributed by atoms with van der Waals surface area (Å²) in [5.41, 5.74) is 15.0. The highest BCUT2D eigenvalue weighted by molar-refractivity contribution is 5.90. The van der Waals surface area contributed by atoms with Gasteiger partial charge in [0.2, 0.25) is 0 Å². The molecule has 0 amide bonds. The molecule has 1 aliphatic carbocycles. The molecular weight excluding hydrogens is 464 g/mol. The van der Waals surface area contributed by atoms with Crippen LogP contribution < -0.4 is 11.5 Å². The van der Waals surface area contributed by atoms with Gasteiger partial charge in [-0.1, -0.05) is 43.5 Å². The summed E-state index contributed by atoms with van der Waals surface area (Å²) in [4.78, 5) is 24.6. The fraction of sp³-hybridized carbons (Fsp3) is 0.419. The number of carbonyl (C=O) groups excluding carboxylic acids is 2. The average Bonchev–Trinajstić information content (AvgIpc) is 2.90. The van der Waals surface area contributed by atoms with Crippen molar-refractivity contribution < 1.29 is 19.1 Å². The predicted molar refractivity (Wildman–Crippen MR) is 150 cm³/mol. The molecule has 0 spiro atoms. The Labute approximate surface area is 220 Å². The third-order valence-corrected chi connectivity index (χ3v) is 6.93. The summed E-state index contributed by atoms with van der Waals surface area (Å²) in [5.74, 6) is 0.0295. The zero-order chi connectivity index (χ0) is 26.5. The van der Waals surface area contributed by atoms with E-state index in [1.807, 2.05) is 12.1 Å². The fourth-order valence-electron chi connectivity index (χ4n) is 4.70. The van der Waals surface area contributed by atoms with Gasteiger partial charge in [0.05, 0.1) is 12.2 Å². The topological polar surface area (TPSA) is 105 Å². The van der Waals surface area contributed by atoms with E-state index in [1.165, 1.54) is 31.8 Å². The molecule has 1 saturated carbocycles. The summed E-state index contributed by atoms with van der Waals surface area (Å²) >= 11 is 0. The number of nitrogen functional groups attached to an aromatic ring is 2. The largest absolute Gasteiger partial charge is 0.462 e. The van der Waals surface area contributed by atoms with Crippen molar-refractivity contribution in [3.63, 3.8) is 0 Å². The number of esters is 2. The van der Waals surface area contributed by atoms with Crippen molar-refractivity contribution >= 4 is 29.4 Å². The quantitative estimate of drug-likeness (QED) is 0.106. The van der Waals surface area contributed by atoms with Gasteiger partial charge < -0.3 is 20.9 Å². The molecule has 198 valence electrons. The zero-order valence-corrected chi connectivity index (χ0v) is 21.7. The maximum absolute atomic E-state index is 12.6. The normalized spacial score (nSPS) is 17.4. The smallest absolute Gasteiger partial charge is 0.338 e.